The van der Waals surface area contributed by atoms with Crippen LogP contribution in [0.1, 0.15) is 18.4 Å². The van der Waals surface area contributed by atoms with Crippen molar-refractivity contribution in [1.29, 1.82) is 0 Å². The summed E-state index contributed by atoms with van der Waals surface area (Å²) in [6, 6.07) is 6.77. The quantitative estimate of drug-likeness (QED) is 0.699. The maximum atomic E-state index is 11.7. The van der Waals surface area contributed by atoms with Crippen molar-refractivity contribution in [3.05, 3.63) is 34.9 Å². The highest BCUT2D eigenvalue weighted by molar-refractivity contribution is 7.90. The molecule has 1 rings (SSSR count). The number of carbonyl (C=O) groups is 1. The Kier molecular flexibility index (Phi) is 7.14. The molecule has 3 N–H and O–H groups in total. The second-order valence-electron chi connectivity index (χ2n) is 5.05. The van der Waals surface area contributed by atoms with Crippen LogP contribution in [0.2, 0.25) is 5.02 Å². The zero-order valence-corrected chi connectivity index (χ0v) is 13.6. The number of hydrogen-bond acceptors (Lipinski definition) is 4. The van der Waals surface area contributed by atoms with Crippen LogP contribution in [0.25, 0.3) is 0 Å². The number of halogens is 1. The molecule has 5 nitrogen and oxygen atoms in total. The molecule has 0 bridgehead atoms. The Morgan fingerprint density at radius 1 is 1.33 bits per heavy atom. The average Bonchev–Trinajstić information content (AvgIpc) is 2.41. The first-order valence-electron chi connectivity index (χ1n) is 6.73. The second kappa shape index (κ2) is 8.36. The van der Waals surface area contributed by atoms with Crippen molar-refractivity contribution in [1.82, 2.24) is 5.32 Å². The number of carbonyl (C=O) groups excluding carboxylic acids is 1. The van der Waals surface area contributed by atoms with Crippen LogP contribution in [0.5, 0.6) is 0 Å². The lowest BCUT2D eigenvalue weighted by molar-refractivity contribution is -0.122. The topological polar surface area (TPSA) is 89.3 Å². The fourth-order valence-electron chi connectivity index (χ4n) is 1.76. The van der Waals surface area contributed by atoms with Crippen LogP contribution < -0.4 is 11.1 Å². The Balaban J connectivity index is 2.22. The summed E-state index contributed by atoms with van der Waals surface area (Å²) in [6.07, 6.45) is 2.88. The number of sulfone groups is 1. The summed E-state index contributed by atoms with van der Waals surface area (Å²) >= 11 is 5.80. The first-order chi connectivity index (χ1) is 9.78. The van der Waals surface area contributed by atoms with Crippen LogP contribution >= 0.6 is 11.6 Å². The zero-order chi connectivity index (χ0) is 15.9. The minimum atomic E-state index is -3.09. The molecule has 1 aromatic carbocycles. The molecule has 0 aliphatic carbocycles. The lowest BCUT2D eigenvalue weighted by Gasteiger charge is -2.11. The molecule has 1 atom stereocenters. The Hall–Kier alpha value is -1.11. The van der Waals surface area contributed by atoms with Gasteiger partial charge in [-0.05, 0) is 37.0 Å². The molecule has 0 heterocycles. The highest BCUT2D eigenvalue weighted by atomic mass is 35.5. The van der Waals surface area contributed by atoms with Gasteiger partial charge in [0.05, 0.1) is 11.8 Å². The lowest BCUT2D eigenvalue weighted by atomic mass is 10.1. The number of rotatable bonds is 8. The van der Waals surface area contributed by atoms with Crippen LogP contribution in [0.3, 0.4) is 0 Å². The molecule has 0 radical (unpaired) electrons. The minimum Gasteiger partial charge on any atom is -0.355 e. The van der Waals surface area contributed by atoms with Crippen molar-refractivity contribution < 1.29 is 13.2 Å². The highest BCUT2D eigenvalue weighted by Crippen LogP contribution is 2.10. The summed E-state index contributed by atoms with van der Waals surface area (Å²) in [5.74, 6) is -0.387. The number of benzene rings is 1. The van der Waals surface area contributed by atoms with E-state index < -0.39 is 15.9 Å². The number of hydrogen-bond donors (Lipinski definition) is 2. The van der Waals surface area contributed by atoms with E-state index in [0.717, 1.165) is 24.7 Å². The molecule has 0 aliphatic rings. The van der Waals surface area contributed by atoms with Gasteiger partial charge in [-0.2, -0.15) is 0 Å². The molecule has 0 fully saturated rings. The molecule has 7 heteroatoms. The predicted octanol–water partition coefficient (Wildman–Crippen LogP) is 1.15. The largest absolute Gasteiger partial charge is 0.355 e. The molecule has 0 aromatic heterocycles. The molecule has 0 aliphatic heterocycles. The maximum Gasteiger partial charge on any atom is 0.236 e. The van der Waals surface area contributed by atoms with Gasteiger partial charge >= 0.3 is 0 Å². The molecular weight excluding hydrogens is 312 g/mol. The fraction of sp³-hybridized carbons (Fsp3) is 0.500. The summed E-state index contributed by atoms with van der Waals surface area (Å²) < 4.78 is 22.0. The third kappa shape index (κ3) is 8.04. The van der Waals surface area contributed by atoms with Crippen molar-refractivity contribution in [2.45, 2.75) is 25.3 Å². The molecule has 21 heavy (non-hydrogen) atoms. The first-order valence-corrected chi connectivity index (χ1v) is 9.17. The Morgan fingerprint density at radius 2 is 1.95 bits per heavy atom. The van der Waals surface area contributed by atoms with E-state index in [2.05, 4.69) is 5.32 Å². The van der Waals surface area contributed by atoms with Gasteiger partial charge in [0, 0.05) is 17.8 Å². The third-order valence-electron chi connectivity index (χ3n) is 2.99. The van der Waals surface area contributed by atoms with Gasteiger partial charge in [0.25, 0.3) is 0 Å². The van der Waals surface area contributed by atoms with Gasteiger partial charge in [-0.1, -0.05) is 23.7 Å². The van der Waals surface area contributed by atoms with Gasteiger partial charge in [0.1, 0.15) is 9.84 Å². The Bertz CT molecular complexity index is 558. The minimum absolute atomic E-state index is 0.0770. The van der Waals surface area contributed by atoms with Crippen LogP contribution in [0.15, 0.2) is 24.3 Å². The Morgan fingerprint density at radius 3 is 2.52 bits per heavy atom. The molecule has 118 valence electrons. The normalized spacial score (nSPS) is 12.9. The SMILES string of the molecule is CS(=O)(=O)CCC(N)C(=O)NCCCc1ccc(Cl)cc1. The second-order valence-corrected chi connectivity index (χ2v) is 7.74. The van der Waals surface area contributed by atoms with Crippen molar-refractivity contribution in [2.75, 3.05) is 18.6 Å². The molecule has 0 saturated heterocycles. The van der Waals surface area contributed by atoms with Crippen molar-refractivity contribution in [3.8, 4) is 0 Å². The van der Waals surface area contributed by atoms with Gasteiger partial charge < -0.3 is 11.1 Å². The molecule has 1 unspecified atom stereocenters. The van der Waals surface area contributed by atoms with Gasteiger partial charge in [-0.25, -0.2) is 8.42 Å². The smallest absolute Gasteiger partial charge is 0.236 e. The number of nitrogens with one attached hydrogen (secondary N) is 1. The maximum absolute atomic E-state index is 11.7. The standard InChI is InChI=1S/C14H21ClN2O3S/c1-21(19,20)10-8-13(16)14(18)17-9-2-3-11-4-6-12(15)7-5-11/h4-7,13H,2-3,8-10,16H2,1H3,(H,17,18). The number of nitrogens with two attached hydrogens (primary N) is 1. The molecule has 0 saturated carbocycles. The highest BCUT2D eigenvalue weighted by Gasteiger charge is 2.15. The van der Waals surface area contributed by atoms with Crippen LogP contribution in [0, 0.1) is 0 Å². The van der Waals surface area contributed by atoms with Gasteiger partial charge in [0.15, 0.2) is 0 Å². The van der Waals surface area contributed by atoms with Crippen molar-refractivity contribution in [3.63, 3.8) is 0 Å². The number of aryl methyl sites for hydroxylation is 1. The third-order valence-corrected chi connectivity index (χ3v) is 4.22. The number of amides is 1. The molecular formula is C14H21ClN2O3S. The summed E-state index contributed by atoms with van der Waals surface area (Å²) in [5.41, 5.74) is 6.79. The summed E-state index contributed by atoms with van der Waals surface area (Å²) in [6.45, 7) is 0.508. The van der Waals surface area contributed by atoms with Crippen LogP contribution in [-0.4, -0.2) is 38.9 Å². The van der Waals surface area contributed by atoms with Gasteiger partial charge in [-0.3, -0.25) is 4.79 Å². The van der Waals surface area contributed by atoms with E-state index in [-0.39, 0.29) is 18.1 Å². The average molecular weight is 333 g/mol. The van der Waals surface area contributed by atoms with Crippen molar-refractivity contribution >= 4 is 27.3 Å². The molecule has 1 aromatic rings. The van der Waals surface area contributed by atoms with E-state index in [4.69, 9.17) is 17.3 Å². The van der Waals surface area contributed by atoms with E-state index in [9.17, 15) is 13.2 Å². The van der Waals surface area contributed by atoms with E-state index in [1.165, 1.54) is 0 Å². The van der Waals surface area contributed by atoms with Gasteiger partial charge in [0.2, 0.25) is 5.91 Å². The monoisotopic (exact) mass is 332 g/mol. The lowest BCUT2D eigenvalue weighted by Crippen LogP contribution is -2.42. The van der Waals surface area contributed by atoms with Crippen LogP contribution in [0.4, 0.5) is 0 Å². The zero-order valence-electron chi connectivity index (χ0n) is 12.0. The summed E-state index contributed by atoms with van der Waals surface area (Å²) in [5, 5.41) is 3.41. The van der Waals surface area contributed by atoms with Gasteiger partial charge in [-0.15, -0.1) is 0 Å². The molecule has 1 amide bonds. The Labute approximate surface area is 130 Å². The van der Waals surface area contributed by atoms with Crippen LogP contribution in [-0.2, 0) is 21.1 Å². The fourth-order valence-corrected chi connectivity index (χ4v) is 2.57. The predicted molar refractivity (Wildman–Crippen MR) is 85.1 cm³/mol. The van der Waals surface area contributed by atoms with E-state index in [1.54, 1.807) is 0 Å². The van der Waals surface area contributed by atoms with E-state index in [0.29, 0.717) is 11.6 Å². The van der Waals surface area contributed by atoms with E-state index in [1.807, 2.05) is 24.3 Å². The molecule has 0 spiro atoms. The van der Waals surface area contributed by atoms with E-state index >= 15 is 0 Å². The summed E-state index contributed by atoms with van der Waals surface area (Å²) in [7, 11) is -3.09. The first kappa shape index (κ1) is 17.9. The van der Waals surface area contributed by atoms with Crippen molar-refractivity contribution in [2.24, 2.45) is 5.73 Å². The summed E-state index contributed by atoms with van der Waals surface area (Å²) in [4.78, 5) is 11.7.